The molecule has 2 aromatic rings. The molecule has 2 rings (SSSR count). The Hall–Kier alpha value is -1.19. The van der Waals surface area contributed by atoms with Crippen molar-refractivity contribution in [2.24, 2.45) is 0 Å². The zero-order valence-corrected chi connectivity index (χ0v) is 13.5. The number of halogens is 3. The Bertz CT molecular complexity index is 659. The van der Waals surface area contributed by atoms with Crippen molar-refractivity contribution in [2.45, 2.75) is 20.3 Å². The normalized spacial score (nSPS) is 10.7. The molecule has 0 aromatic heterocycles. The van der Waals surface area contributed by atoms with Crippen LogP contribution in [-0.4, -0.2) is 5.78 Å². The van der Waals surface area contributed by atoms with E-state index in [9.17, 15) is 9.18 Å². The van der Waals surface area contributed by atoms with Crippen LogP contribution in [0.15, 0.2) is 34.8 Å². The Balaban J connectivity index is 2.26. The monoisotopic (exact) mass is 354 g/mol. The maximum Gasteiger partial charge on any atom is 0.167 e. The second-order valence-corrected chi connectivity index (χ2v) is 5.97. The number of hydrogen-bond acceptors (Lipinski definition) is 1. The Morgan fingerprint density at radius 3 is 2.35 bits per heavy atom. The summed E-state index contributed by atoms with van der Waals surface area (Å²) in [5.41, 5.74) is 3.28. The lowest BCUT2D eigenvalue weighted by atomic mass is 9.99. The van der Waals surface area contributed by atoms with Crippen LogP contribution in [0.2, 0.25) is 5.02 Å². The predicted molar refractivity (Wildman–Crippen MR) is 83.1 cm³/mol. The van der Waals surface area contributed by atoms with Crippen LogP contribution in [-0.2, 0) is 6.42 Å². The zero-order chi connectivity index (χ0) is 14.9. The molecule has 104 valence electrons. The maximum atomic E-state index is 13.4. The molecule has 0 radical (unpaired) electrons. The molecule has 0 fully saturated rings. The van der Waals surface area contributed by atoms with Crippen molar-refractivity contribution in [3.05, 3.63) is 67.9 Å². The van der Waals surface area contributed by atoms with Gasteiger partial charge in [-0.1, -0.05) is 33.6 Å². The smallest absolute Gasteiger partial charge is 0.167 e. The van der Waals surface area contributed by atoms with Gasteiger partial charge in [0, 0.05) is 16.5 Å². The second-order valence-electron chi connectivity index (χ2n) is 4.77. The van der Waals surface area contributed by atoms with Crippen LogP contribution in [0.5, 0.6) is 0 Å². The molecule has 4 heteroatoms. The van der Waals surface area contributed by atoms with E-state index in [0.717, 1.165) is 15.6 Å². The number of hydrogen-bond donors (Lipinski definition) is 0. The number of rotatable bonds is 3. The molecule has 0 heterocycles. The van der Waals surface area contributed by atoms with Gasteiger partial charge in [-0.15, -0.1) is 0 Å². The fourth-order valence-corrected chi connectivity index (χ4v) is 2.39. The van der Waals surface area contributed by atoms with E-state index in [1.54, 1.807) is 6.07 Å². The van der Waals surface area contributed by atoms with E-state index in [1.807, 2.05) is 26.0 Å². The molecular formula is C16H13BrClFO. The third-order valence-corrected chi connectivity index (χ3v) is 4.66. The van der Waals surface area contributed by atoms with Gasteiger partial charge in [-0.05, 0) is 54.8 Å². The third kappa shape index (κ3) is 3.28. The van der Waals surface area contributed by atoms with Crippen LogP contribution >= 0.6 is 27.5 Å². The van der Waals surface area contributed by atoms with Crippen LogP contribution in [0, 0.1) is 19.7 Å². The van der Waals surface area contributed by atoms with Crippen molar-refractivity contribution in [1.82, 2.24) is 0 Å². The van der Waals surface area contributed by atoms with Gasteiger partial charge in [0.2, 0.25) is 0 Å². The summed E-state index contributed by atoms with van der Waals surface area (Å²) >= 11 is 9.10. The zero-order valence-electron chi connectivity index (χ0n) is 11.1. The van der Waals surface area contributed by atoms with Crippen molar-refractivity contribution in [2.75, 3.05) is 0 Å². The van der Waals surface area contributed by atoms with Gasteiger partial charge in [0.1, 0.15) is 5.82 Å². The van der Waals surface area contributed by atoms with Crippen molar-refractivity contribution in [3.8, 4) is 0 Å². The van der Waals surface area contributed by atoms with E-state index in [1.165, 1.54) is 12.1 Å². The molecule has 0 spiro atoms. The Morgan fingerprint density at radius 1 is 1.20 bits per heavy atom. The van der Waals surface area contributed by atoms with E-state index in [-0.39, 0.29) is 17.2 Å². The average Bonchev–Trinajstić information content (AvgIpc) is 2.39. The molecule has 0 bridgehead atoms. The van der Waals surface area contributed by atoms with Gasteiger partial charge in [-0.3, -0.25) is 4.79 Å². The fourth-order valence-electron chi connectivity index (χ4n) is 2.04. The van der Waals surface area contributed by atoms with Crippen molar-refractivity contribution < 1.29 is 9.18 Å². The third-order valence-electron chi connectivity index (χ3n) is 3.11. The lowest BCUT2D eigenvalue weighted by molar-refractivity contribution is 0.0993. The molecule has 1 nitrogen and oxygen atoms in total. The summed E-state index contributed by atoms with van der Waals surface area (Å²) in [7, 11) is 0. The Kier molecular flexibility index (Phi) is 4.61. The van der Waals surface area contributed by atoms with Gasteiger partial charge in [0.15, 0.2) is 5.78 Å². The van der Waals surface area contributed by atoms with Crippen LogP contribution in [0.25, 0.3) is 0 Å². The second kappa shape index (κ2) is 6.06. The highest BCUT2D eigenvalue weighted by molar-refractivity contribution is 9.10. The predicted octanol–water partition coefficient (Wildman–Crippen LogP) is 5.28. The molecule has 0 aliphatic carbocycles. The minimum Gasteiger partial charge on any atom is -0.294 e. The summed E-state index contributed by atoms with van der Waals surface area (Å²) in [6, 6.07) is 8.12. The summed E-state index contributed by atoms with van der Waals surface area (Å²) in [4.78, 5) is 12.3. The highest BCUT2D eigenvalue weighted by Gasteiger charge is 2.11. The van der Waals surface area contributed by atoms with Crippen LogP contribution in [0.1, 0.15) is 27.0 Å². The van der Waals surface area contributed by atoms with E-state index in [4.69, 9.17) is 11.6 Å². The van der Waals surface area contributed by atoms with Gasteiger partial charge in [-0.2, -0.15) is 0 Å². The number of carbonyl (C=O) groups is 1. The lowest BCUT2D eigenvalue weighted by Gasteiger charge is -2.08. The minimum atomic E-state index is -0.500. The summed E-state index contributed by atoms with van der Waals surface area (Å²) in [6.07, 6.45) is 0.161. The summed E-state index contributed by atoms with van der Waals surface area (Å²) in [5.74, 6) is -0.537. The molecule has 0 aliphatic heterocycles. The van der Waals surface area contributed by atoms with Gasteiger partial charge < -0.3 is 0 Å². The van der Waals surface area contributed by atoms with Crippen molar-refractivity contribution in [3.63, 3.8) is 0 Å². The Morgan fingerprint density at radius 2 is 1.80 bits per heavy atom. The number of aryl methyl sites for hydroxylation is 2. The minimum absolute atomic E-state index is 0.0366. The van der Waals surface area contributed by atoms with E-state index >= 15 is 0 Å². The first kappa shape index (κ1) is 15.2. The van der Waals surface area contributed by atoms with E-state index in [0.29, 0.717) is 11.1 Å². The van der Waals surface area contributed by atoms with Gasteiger partial charge in [0.05, 0.1) is 5.02 Å². The highest BCUT2D eigenvalue weighted by atomic mass is 79.9. The molecule has 0 N–H and O–H groups in total. The van der Waals surface area contributed by atoms with Crippen molar-refractivity contribution in [1.29, 1.82) is 0 Å². The first-order valence-corrected chi connectivity index (χ1v) is 7.29. The molecular weight excluding hydrogens is 343 g/mol. The molecule has 0 aliphatic rings. The number of benzene rings is 2. The molecule has 0 saturated heterocycles. The standard InChI is InChI=1S/C16H13BrClFO/c1-9-5-12(6-10(2)16(9)17)15(20)8-11-3-4-13(18)14(19)7-11/h3-7H,8H2,1-2H3. The number of carbonyl (C=O) groups excluding carboxylic acids is 1. The summed E-state index contributed by atoms with van der Waals surface area (Å²) in [5, 5.41) is 0.0662. The topological polar surface area (TPSA) is 17.1 Å². The first-order valence-electron chi connectivity index (χ1n) is 6.12. The van der Waals surface area contributed by atoms with Gasteiger partial charge in [-0.25, -0.2) is 4.39 Å². The largest absolute Gasteiger partial charge is 0.294 e. The highest BCUT2D eigenvalue weighted by Crippen LogP contribution is 2.23. The van der Waals surface area contributed by atoms with Crippen LogP contribution in [0.4, 0.5) is 4.39 Å². The Labute approximate surface area is 130 Å². The van der Waals surface area contributed by atoms with Crippen LogP contribution < -0.4 is 0 Å². The first-order chi connectivity index (χ1) is 9.38. The maximum absolute atomic E-state index is 13.4. The van der Waals surface area contributed by atoms with E-state index in [2.05, 4.69) is 15.9 Å². The van der Waals surface area contributed by atoms with Gasteiger partial charge in [0.25, 0.3) is 0 Å². The molecule has 0 saturated carbocycles. The summed E-state index contributed by atoms with van der Waals surface area (Å²) in [6.45, 7) is 3.88. The fraction of sp³-hybridized carbons (Fsp3) is 0.188. The summed E-state index contributed by atoms with van der Waals surface area (Å²) < 4.78 is 14.4. The number of ketones is 1. The SMILES string of the molecule is Cc1cc(C(=O)Cc2ccc(Cl)c(F)c2)cc(C)c1Br. The lowest BCUT2D eigenvalue weighted by Crippen LogP contribution is -2.05. The molecule has 2 aromatic carbocycles. The number of Topliss-reactive ketones (excluding diaryl/α,β-unsaturated/α-hetero) is 1. The average molecular weight is 356 g/mol. The molecule has 0 unspecified atom stereocenters. The van der Waals surface area contributed by atoms with Crippen LogP contribution in [0.3, 0.4) is 0 Å². The molecule has 0 amide bonds. The molecule has 0 atom stereocenters. The molecule has 20 heavy (non-hydrogen) atoms. The van der Waals surface area contributed by atoms with E-state index < -0.39 is 5.82 Å². The quantitative estimate of drug-likeness (QED) is 0.684. The van der Waals surface area contributed by atoms with Gasteiger partial charge >= 0.3 is 0 Å². The van der Waals surface area contributed by atoms with Crippen molar-refractivity contribution >= 4 is 33.3 Å².